The van der Waals surface area contributed by atoms with Gasteiger partial charge < -0.3 is 0 Å². The third-order valence-corrected chi connectivity index (χ3v) is 5.54. The van der Waals surface area contributed by atoms with E-state index in [0.717, 1.165) is 35.6 Å². The maximum atomic E-state index is 15.4. The molecule has 0 saturated carbocycles. The Balaban J connectivity index is 2.40. The molecule has 0 fully saturated rings. The zero-order valence-corrected chi connectivity index (χ0v) is 14.8. The molecule has 2 aliphatic rings. The van der Waals surface area contributed by atoms with E-state index in [-0.39, 0.29) is 0 Å². The summed E-state index contributed by atoms with van der Waals surface area (Å²) in [6, 6.07) is 0. The van der Waals surface area contributed by atoms with Gasteiger partial charge >= 0.3 is 7.26 Å². The standard InChI is InChI=1S/C18H25BFN2/c1-8-15-10(3)17-12(5)18-11(4)16(9-2)14(7)22(18)19(20)21(17)13(15)6/h8-9H2,1-7H3/q+1. The van der Waals surface area contributed by atoms with Crippen LogP contribution in [0.15, 0.2) is 16.8 Å². The number of fused-ring (bicyclic) bond motifs is 2. The van der Waals surface area contributed by atoms with Crippen molar-refractivity contribution in [2.24, 2.45) is 0 Å². The number of nitrogens with zero attached hydrogens (tertiary/aromatic N) is 2. The van der Waals surface area contributed by atoms with E-state index in [1.54, 1.807) is 0 Å². The molecule has 22 heavy (non-hydrogen) atoms. The minimum Gasteiger partial charge on any atom is -0.290 e. The molecular weight excluding hydrogens is 274 g/mol. The molecule has 0 saturated heterocycles. The molecule has 1 aromatic heterocycles. The molecule has 0 radical (unpaired) electrons. The molecule has 0 aromatic carbocycles. The highest BCUT2D eigenvalue weighted by Gasteiger charge is 2.52. The highest BCUT2D eigenvalue weighted by molar-refractivity contribution is 6.43. The zero-order valence-electron chi connectivity index (χ0n) is 14.8. The molecule has 0 unspecified atom stereocenters. The normalized spacial score (nSPS) is 17.7. The largest absolute Gasteiger partial charge is 0.846 e. The summed E-state index contributed by atoms with van der Waals surface area (Å²) >= 11 is 0. The predicted molar refractivity (Wildman–Crippen MR) is 92.1 cm³/mol. The Morgan fingerprint density at radius 1 is 1.00 bits per heavy atom. The van der Waals surface area contributed by atoms with Gasteiger partial charge in [0.15, 0.2) is 11.4 Å². The van der Waals surface area contributed by atoms with Gasteiger partial charge in [-0.2, -0.15) is 0 Å². The lowest BCUT2D eigenvalue weighted by atomic mass is 9.91. The van der Waals surface area contributed by atoms with Gasteiger partial charge in [-0.05, 0) is 51.7 Å². The number of rotatable bonds is 2. The van der Waals surface area contributed by atoms with Gasteiger partial charge in [-0.15, -0.1) is 0 Å². The molecule has 1 aromatic rings. The van der Waals surface area contributed by atoms with Gasteiger partial charge in [0.1, 0.15) is 0 Å². The topological polar surface area (TPSA) is 7.94 Å². The molecule has 0 bridgehead atoms. The first-order valence-electron chi connectivity index (χ1n) is 8.25. The third-order valence-electron chi connectivity index (χ3n) is 5.54. The van der Waals surface area contributed by atoms with E-state index in [2.05, 4.69) is 34.6 Å². The zero-order chi connectivity index (χ0) is 16.3. The molecule has 2 aliphatic heterocycles. The fourth-order valence-electron chi connectivity index (χ4n) is 4.54. The van der Waals surface area contributed by atoms with Crippen molar-refractivity contribution in [1.82, 2.24) is 4.48 Å². The van der Waals surface area contributed by atoms with E-state index in [0.29, 0.717) is 0 Å². The van der Waals surface area contributed by atoms with Gasteiger partial charge in [-0.25, -0.2) is 8.80 Å². The van der Waals surface area contributed by atoms with Gasteiger partial charge in [0, 0.05) is 35.0 Å². The van der Waals surface area contributed by atoms with Crippen LogP contribution in [-0.4, -0.2) is 21.9 Å². The van der Waals surface area contributed by atoms with Crippen LogP contribution in [0.1, 0.15) is 63.6 Å². The lowest BCUT2D eigenvalue weighted by Gasteiger charge is -2.19. The van der Waals surface area contributed by atoms with Crippen LogP contribution in [0, 0.1) is 13.8 Å². The van der Waals surface area contributed by atoms with Crippen molar-refractivity contribution in [3.05, 3.63) is 39.4 Å². The SMILES string of the molecule is CCC1=C(C)C2=C(C)c3c(C)c(CC)c(C)n3B(F)[N+]2=C1C. The maximum absolute atomic E-state index is 15.4. The molecule has 0 spiro atoms. The maximum Gasteiger partial charge on any atom is 0.846 e. The summed E-state index contributed by atoms with van der Waals surface area (Å²) in [5, 5.41) is 0. The molecule has 0 N–H and O–H groups in total. The van der Waals surface area contributed by atoms with Gasteiger partial charge in [-0.3, -0.25) is 4.48 Å². The summed E-state index contributed by atoms with van der Waals surface area (Å²) in [6.45, 7) is 14.8. The minimum absolute atomic E-state index is 0.949. The second-order valence-electron chi connectivity index (χ2n) is 6.46. The van der Waals surface area contributed by atoms with Crippen molar-refractivity contribution in [2.75, 3.05) is 0 Å². The van der Waals surface area contributed by atoms with Crippen molar-refractivity contribution >= 4 is 18.5 Å². The number of allylic oxidation sites excluding steroid dienone is 3. The second kappa shape index (κ2) is 4.97. The summed E-state index contributed by atoms with van der Waals surface area (Å²) in [5.41, 5.74) is 10.5. The van der Waals surface area contributed by atoms with Crippen LogP contribution in [0.25, 0.3) is 5.57 Å². The van der Waals surface area contributed by atoms with Crippen LogP contribution < -0.4 is 0 Å². The molecule has 4 heteroatoms. The first-order chi connectivity index (χ1) is 10.4. The van der Waals surface area contributed by atoms with Crippen molar-refractivity contribution in [1.29, 1.82) is 0 Å². The van der Waals surface area contributed by atoms with Crippen molar-refractivity contribution in [3.8, 4) is 0 Å². The number of aromatic nitrogens is 1. The molecular formula is C18H25BFN2+. The lowest BCUT2D eigenvalue weighted by Crippen LogP contribution is -2.40. The van der Waals surface area contributed by atoms with Crippen LogP contribution in [0.2, 0.25) is 0 Å². The van der Waals surface area contributed by atoms with Crippen LogP contribution in [-0.2, 0) is 6.42 Å². The summed E-state index contributed by atoms with van der Waals surface area (Å²) in [5.74, 6) is 0. The van der Waals surface area contributed by atoms with Crippen LogP contribution in [0.3, 0.4) is 0 Å². The summed E-state index contributed by atoms with van der Waals surface area (Å²) < 4.78 is 19.2. The first kappa shape index (κ1) is 15.3. The van der Waals surface area contributed by atoms with E-state index < -0.39 is 7.26 Å². The molecule has 116 valence electrons. The monoisotopic (exact) mass is 299 g/mol. The lowest BCUT2D eigenvalue weighted by molar-refractivity contribution is -0.337. The number of hydrogen-bond donors (Lipinski definition) is 0. The Morgan fingerprint density at radius 2 is 1.64 bits per heavy atom. The van der Waals surface area contributed by atoms with E-state index in [4.69, 9.17) is 0 Å². The molecule has 2 nitrogen and oxygen atoms in total. The minimum atomic E-state index is -1.13. The molecule has 0 amide bonds. The molecule has 0 atom stereocenters. The Hall–Kier alpha value is -1.58. The third kappa shape index (κ3) is 1.64. The fourth-order valence-corrected chi connectivity index (χ4v) is 4.54. The summed E-state index contributed by atoms with van der Waals surface area (Å²) in [4.78, 5) is 0. The van der Waals surface area contributed by atoms with Gasteiger partial charge in [-0.1, -0.05) is 13.8 Å². The first-order valence-corrected chi connectivity index (χ1v) is 8.25. The van der Waals surface area contributed by atoms with Gasteiger partial charge in [0.2, 0.25) is 0 Å². The van der Waals surface area contributed by atoms with E-state index in [9.17, 15) is 0 Å². The van der Waals surface area contributed by atoms with Crippen molar-refractivity contribution in [3.63, 3.8) is 0 Å². The molecule has 3 heterocycles. The van der Waals surface area contributed by atoms with Crippen molar-refractivity contribution in [2.45, 2.75) is 61.3 Å². The highest BCUT2D eigenvalue weighted by Crippen LogP contribution is 2.40. The predicted octanol–water partition coefficient (Wildman–Crippen LogP) is 4.43. The van der Waals surface area contributed by atoms with E-state index >= 15 is 4.32 Å². The Labute approximate surface area is 133 Å². The average Bonchev–Trinajstić information content (AvgIpc) is 2.88. The van der Waals surface area contributed by atoms with Crippen LogP contribution in [0.4, 0.5) is 4.32 Å². The quantitative estimate of drug-likeness (QED) is 0.714. The van der Waals surface area contributed by atoms with Gasteiger partial charge in [0.05, 0.1) is 0 Å². The number of hydrogen-bond acceptors (Lipinski definition) is 0. The average molecular weight is 299 g/mol. The number of halogens is 1. The highest BCUT2D eigenvalue weighted by atomic mass is 19.1. The van der Waals surface area contributed by atoms with E-state index in [1.165, 1.54) is 27.8 Å². The van der Waals surface area contributed by atoms with E-state index in [1.807, 2.05) is 22.8 Å². The Morgan fingerprint density at radius 3 is 2.18 bits per heavy atom. The summed E-state index contributed by atoms with van der Waals surface area (Å²) in [6.07, 6.45) is 1.90. The van der Waals surface area contributed by atoms with Gasteiger partial charge in [0.25, 0.3) is 0 Å². The molecule has 0 aliphatic carbocycles. The van der Waals surface area contributed by atoms with Crippen LogP contribution >= 0.6 is 0 Å². The van der Waals surface area contributed by atoms with Crippen molar-refractivity contribution < 1.29 is 8.80 Å². The Bertz CT molecular complexity index is 777. The fraction of sp³-hybridized carbons (Fsp3) is 0.500. The Kier molecular flexibility index (Phi) is 3.46. The smallest absolute Gasteiger partial charge is 0.290 e. The summed E-state index contributed by atoms with van der Waals surface area (Å²) in [7, 11) is -1.13. The van der Waals surface area contributed by atoms with Crippen LogP contribution in [0.5, 0.6) is 0 Å². The second-order valence-corrected chi connectivity index (χ2v) is 6.46. The molecule has 3 rings (SSSR count).